The quantitative estimate of drug-likeness (QED) is 0.722. The highest BCUT2D eigenvalue weighted by Gasteiger charge is 2.31. The lowest BCUT2D eigenvalue weighted by atomic mass is 9.93. The van der Waals surface area contributed by atoms with E-state index in [2.05, 4.69) is 19.2 Å². The molecule has 0 saturated carbocycles. The van der Waals surface area contributed by atoms with Crippen molar-refractivity contribution in [2.75, 3.05) is 19.8 Å². The summed E-state index contributed by atoms with van der Waals surface area (Å²) in [6.07, 6.45) is 3.07. The number of esters is 1. The van der Waals surface area contributed by atoms with Gasteiger partial charge in [-0.1, -0.05) is 6.92 Å². The van der Waals surface area contributed by atoms with Gasteiger partial charge in [-0.15, -0.1) is 0 Å². The minimum atomic E-state index is -0.217. The SMILES string of the molecule is CCOC(=O)C(NC(C)CC)C1CCCOC1. The molecule has 0 bridgehead atoms. The van der Waals surface area contributed by atoms with Gasteiger partial charge in [-0.3, -0.25) is 4.79 Å². The zero-order chi connectivity index (χ0) is 12.7. The molecule has 100 valence electrons. The van der Waals surface area contributed by atoms with Crippen molar-refractivity contribution in [3.63, 3.8) is 0 Å². The Labute approximate surface area is 104 Å². The predicted molar refractivity (Wildman–Crippen MR) is 66.9 cm³/mol. The van der Waals surface area contributed by atoms with Crippen LogP contribution in [0.3, 0.4) is 0 Å². The first-order valence-electron chi connectivity index (χ1n) is 6.69. The number of carbonyl (C=O) groups is 1. The molecule has 3 unspecified atom stereocenters. The third kappa shape index (κ3) is 4.64. The molecule has 17 heavy (non-hydrogen) atoms. The molecule has 1 fully saturated rings. The first-order chi connectivity index (χ1) is 8.19. The van der Waals surface area contributed by atoms with Crippen molar-refractivity contribution in [3.05, 3.63) is 0 Å². The van der Waals surface area contributed by atoms with Crippen LogP contribution in [0.15, 0.2) is 0 Å². The fraction of sp³-hybridized carbons (Fsp3) is 0.923. The van der Waals surface area contributed by atoms with Crippen molar-refractivity contribution in [2.45, 2.75) is 52.1 Å². The first-order valence-corrected chi connectivity index (χ1v) is 6.69. The van der Waals surface area contributed by atoms with Gasteiger partial charge in [0.05, 0.1) is 13.2 Å². The summed E-state index contributed by atoms with van der Waals surface area (Å²) in [5, 5.41) is 3.37. The summed E-state index contributed by atoms with van der Waals surface area (Å²) in [6, 6.07) is 0.108. The highest BCUT2D eigenvalue weighted by atomic mass is 16.5. The topological polar surface area (TPSA) is 47.6 Å². The molecule has 1 N–H and O–H groups in total. The van der Waals surface area contributed by atoms with Gasteiger partial charge in [0.1, 0.15) is 6.04 Å². The van der Waals surface area contributed by atoms with Crippen LogP contribution in [0.1, 0.15) is 40.0 Å². The molecule has 4 nitrogen and oxygen atoms in total. The summed E-state index contributed by atoms with van der Waals surface area (Å²) < 4.78 is 10.6. The minimum absolute atomic E-state index is 0.136. The van der Waals surface area contributed by atoms with Crippen molar-refractivity contribution in [1.82, 2.24) is 5.32 Å². The van der Waals surface area contributed by atoms with Crippen LogP contribution in [-0.2, 0) is 14.3 Å². The molecular formula is C13H25NO3. The number of rotatable bonds is 6. The molecule has 0 amide bonds. The summed E-state index contributed by atoms with van der Waals surface area (Å²) >= 11 is 0. The maximum absolute atomic E-state index is 12.0. The molecule has 0 spiro atoms. The van der Waals surface area contributed by atoms with Crippen molar-refractivity contribution < 1.29 is 14.3 Å². The zero-order valence-corrected chi connectivity index (χ0v) is 11.2. The van der Waals surface area contributed by atoms with E-state index in [1.165, 1.54) is 0 Å². The summed E-state index contributed by atoms with van der Waals surface area (Å²) in [5.41, 5.74) is 0. The van der Waals surface area contributed by atoms with Crippen LogP contribution in [0, 0.1) is 5.92 Å². The molecule has 1 aliphatic heterocycles. The molecule has 1 rings (SSSR count). The summed E-state index contributed by atoms with van der Waals surface area (Å²) in [4.78, 5) is 12.0. The van der Waals surface area contributed by atoms with Crippen LogP contribution >= 0.6 is 0 Å². The number of hydrogen-bond acceptors (Lipinski definition) is 4. The lowest BCUT2D eigenvalue weighted by molar-refractivity contribution is -0.149. The van der Waals surface area contributed by atoms with Gasteiger partial charge in [0.2, 0.25) is 0 Å². The second-order valence-electron chi connectivity index (χ2n) is 4.68. The van der Waals surface area contributed by atoms with Gasteiger partial charge in [-0.05, 0) is 33.1 Å². The third-order valence-corrected chi connectivity index (χ3v) is 3.28. The van der Waals surface area contributed by atoms with Crippen LogP contribution < -0.4 is 5.32 Å². The van der Waals surface area contributed by atoms with Crippen molar-refractivity contribution in [3.8, 4) is 0 Å². The first kappa shape index (κ1) is 14.5. The largest absolute Gasteiger partial charge is 0.465 e. The third-order valence-electron chi connectivity index (χ3n) is 3.28. The zero-order valence-electron chi connectivity index (χ0n) is 11.2. The minimum Gasteiger partial charge on any atom is -0.465 e. The molecule has 0 aromatic rings. The van der Waals surface area contributed by atoms with Crippen LogP contribution in [-0.4, -0.2) is 37.9 Å². The fourth-order valence-electron chi connectivity index (χ4n) is 2.08. The van der Waals surface area contributed by atoms with E-state index in [0.717, 1.165) is 25.9 Å². The maximum atomic E-state index is 12.0. The Morgan fingerprint density at radius 1 is 1.53 bits per heavy atom. The van der Waals surface area contributed by atoms with Crippen LogP contribution in [0.5, 0.6) is 0 Å². The van der Waals surface area contributed by atoms with Gasteiger partial charge in [-0.2, -0.15) is 0 Å². The van der Waals surface area contributed by atoms with Crippen LogP contribution in [0.25, 0.3) is 0 Å². The molecule has 3 atom stereocenters. The second kappa shape index (κ2) is 7.67. The van der Waals surface area contributed by atoms with Gasteiger partial charge >= 0.3 is 5.97 Å². The smallest absolute Gasteiger partial charge is 0.323 e. The normalized spacial score (nSPS) is 24.1. The molecule has 1 heterocycles. The molecule has 0 aliphatic carbocycles. The lowest BCUT2D eigenvalue weighted by Gasteiger charge is -2.31. The van der Waals surface area contributed by atoms with Gasteiger partial charge in [0.25, 0.3) is 0 Å². The lowest BCUT2D eigenvalue weighted by Crippen LogP contribution is -2.49. The number of ether oxygens (including phenoxy) is 2. The van der Waals surface area contributed by atoms with E-state index in [-0.39, 0.29) is 17.9 Å². The van der Waals surface area contributed by atoms with Gasteiger partial charge in [0, 0.05) is 18.6 Å². The van der Waals surface area contributed by atoms with Gasteiger partial charge < -0.3 is 14.8 Å². The number of nitrogens with one attached hydrogen (secondary N) is 1. The second-order valence-corrected chi connectivity index (χ2v) is 4.68. The Hall–Kier alpha value is -0.610. The van der Waals surface area contributed by atoms with E-state index < -0.39 is 0 Å². The van der Waals surface area contributed by atoms with E-state index in [9.17, 15) is 4.79 Å². The van der Waals surface area contributed by atoms with Crippen molar-refractivity contribution >= 4 is 5.97 Å². The monoisotopic (exact) mass is 243 g/mol. The molecule has 0 aromatic carbocycles. The molecule has 0 radical (unpaired) electrons. The molecule has 4 heteroatoms. The van der Waals surface area contributed by atoms with E-state index in [0.29, 0.717) is 19.3 Å². The van der Waals surface area contributed by atoms with Gasteiger partial charge in [-0.25, -0.2) is 0 Å². The molecule has 1 aliphatic rings. The highest BCUT2D eigenvalue weighted by molar-refractivity contribution is 5.76. The Bertz CT molecular complexity index is 227. The number of hydrogen-bond donors (Lipinski definition) is 1. The molecular weight excluding hydrogens is 218 g/mol. The maximum Gasteiger partial charge on any atom is 0.323 e. The van der Waals surface area contributed by atoms with E-state index in [4.69, 9.17) is 9.47 Å². The van der Waals surface area contributed by atoms with Crippen LogP contribution in [0.2, 0.25) is 0 Å². The number of carbonyl (C=O) groups excluding carboxylic acids is 1. The average molecular weight is 243 g/mol. The Balaban J connectivity index is 2.59. The standard InChI is InChI=1S/C13H25NO3/c1-4-10(3)14-12(13(15)17-5-2)11-7-6-8-16-9-11/h10-12,14H,4-9H2,1-3H3. The molecule has 0 aromatic heterocycles. The van der Waals surface area contributed by atoms with Crippen molar-refractivity contribution in [1.29, 1.82) is 0 Å². The van der Waals surface area contributed by atoms with Crippen LogP contribution in [0.4, 0.5) is 0 Å². The Morgan fingerprint density at radius 3 is 2.82 bits per heavy atom. The average Bonchev–Trinajstić information content (AvgIpc) is 2.36. The van der Waals surface area contributed by atoms with E-state index in [1.54, 1.807) is 0 Å². The van der Waals surface area contributed by atoms with Gasteiger partial charge in [0.15, 0.2) is 0 Å². The Kier molecular flexibility index (Phi) is 6.52. The molecule has 1 saturated heterocycles. The fourth-order valence-corrected chi connectivity index (χ4v) is 2.08. The van der Waals surface area contributed by atoms with E-state index >= 15 is 0 Å². The van der Waals surface area contributed by atoms with E-state index in [1.807, 2.05) is 6.92 Å². The summed E-state index contributed by atoms with van der Waals surface area (Å²) in [5.74, 6) is 0.111. The summed E-state index contributed by atoms with van der Waals surface area (Å²) in [6.45, 7) is 7.95. The Morgan fingerprint density at radius 2 is 2.29 bits per heavy atom. The predicted octanol–water partition coefficient (Wildman–Crippen LogP) is 1.73. The highest BCUT2D eigenvalue weighted by Crippen LogP contribution is 2.19. The summed E-state index contributed by atoms with van der Waals surface area (Å²) in [7, 11) is 0. The van der Waals surface area contributed by atoms with Crippen molar-refractivity contribution in [2.24, 2.45) is 5.92 Å².